The molecule has 7 heteroatoms. The maximum absolute atomic E-state index is 12.3. The van der Waals surface area contributed by atoms with Crippen molar-refractivity contribution in [3.63, 3.8) is 0 Å². The zero-order valence-corrected chi connectivity index (χ0v) is 15.3. The molecule has 0 atom stereocenters. The highest BCUT2D eigenvalue weighted by atomic mass is 32.1. The molecule has 0 unspecified atom stereocenters. The molecule has 0 aliphatic carbocycles. The van der Waals surface area contributed by atoms with Gasteiger partial charge in [0.25, 0.3) is 5.91 Å². The Hall–Kier alpha value is -3.45. The Morgan fingerprint density at radius 1 is 1.04 bits per heavy atom. The van der Waals surface area contributed by atoms with Gasteiger partial charge in [-0.25, -0.2) is 4.98 Å². The number of nitrogens with zero attached hydrogens (tertiary/aromatic N) is 2. The third kappa shape index (κ3) is 4.04. The summed E-state index contributed by atoms with van der Waals surface area (Å²) in [6.07, 6.45) is 0. The molecule has 27 heavy (non-hydrogen) atoms. The second kappa shape index (κ2) is 7.43. The van der Waals surface area contributed by atoms with Crippen LogP contribution in [0.3, 0.4) is 0 Å². The lowest BCUT2D eigenvalue weighted by atomic mass is 10.2. The van der Waals surface area contributed by atoms with Gasteiger partial charge in [0.05, 0.1) is 0 Å². The molecular formula is C20H16N4O2S. The lowest BCUT2D eigenvalue weighted by Crippen LogP contribution is -2.11. The minimum atomic E-state index is -0.329. The molecular weight excluding hydrogens is 360 g/mol. The Morgan fingerprint density at radius 3 is 2.59 bits per heavy atom. The molecule has 0 spiro atoms. The maximum Gasteiger partial charge on any atom is 0.277 e. The van der Waals surface area contributed by atoms with Gasteiger partial charge in [-0.3, -0.25) is 4.79 Å². The first kappa shape index (κ1) is 17.0. The molecule has 0 bridgehead atoms. The molecule has 0 saturated heterocycles. The Morgan fingerprint density at radius 2 is 1.81 bits per heavy atom. The SMILES string of the molecule is Cc1ccc(Nc2nc(-c3cc(C(=O)Nc4ccccc4)no3)cs2)cc1. The molecule has 0 radical (unpaired) electrons. The number of benzene rings is 2. The maximum atomic E-state index is 12.3. The topological polar surface area (TPSA) is 80.0 Å². The van der Waals surface area contributed by atoms with E-state index in [0.29, 0.717) is 17.1 Å². The predicted octanol–water partition coefficient (Wildman–Crippen LogP) is 5.10. The first-order chi connectivity index (χ1) is 13.2. The van der Waals surface area contributed by atoms with Gasteiger partial charge in [0.1, 0.15) is 5.69 Å². The first-order valence-electron chi connectivity index (χ1n) is 8.30. The van der Waals surface area contributed by atoms with Gasteiger partial charge in [0.2, 0.25) is 0 Å². The van der Waals surface area contributed by atoms with Gasteiger partial charge < -0.3 is 15.2 Å². The van der Waals surface area contributed by atoms with Crippen LogP contribution < -0.4 is 10.6 Å². The molecule has 2 heterocycles. The smallest absolute Gasteiger partial charge is 0.277 e. The molecule has 0 fully saturated rings. The number of carbonyl (C=O) groups excluding carboxylic acids is 1. The lowest BCUT2D eigenvalue weighted by molar-refractivity contribution is 0.101. The van der Waals surface area contributed by atoms with Gasteiger partial charge in [-0.15, -0.1) is 11.3 Å². The standard InChI is InChI=1S/C20H16N4O2S/c1-13-7-9-15(10-8-13)22-20-23-17(12-27-20)18-11-16(24-26-18)19(25)21-14-5-3-2-4-6-14/h2-12H,1H3,(H,21,25)(H,22,23). The minimum absolute atomic E-state index is 0.204. The van der Waals surface area contributed by atoms with E-state index >= 15 is 0 Å². The van der Waals surface area contributed by atoms with Crippen LogP contribution in [0.1, 0.15) is 16.1 Å². The molecule has 1 amide bonds. The normalized spacial score (nSPS) is 10.6. The summed E-state index contributed by atoms with van der Waals surface area (Å²) in [4.78, 5) is 16.8. The number of anilines is 3. The third-order valence-corrected chi connectivity index (χ3v) is 4.59. The van der Waals surface area contributed by atoms with Gasteiger partial charge in [-0.2, -0.15) is 0 Å². The summed E-state index contributed by atoms with van der Waals surface area (Å²) in [5.41, 5.74) is 3.69. The van der Waals surface area contributed by atoms with Crippen molar-refractivity contribution in [2.24, 2.45) is 0 Å². The van der Waals surface area contributed by atoms with Crippen molar-refractivity contribution in [2.75, 3.05) is 10.6 Å². The highest BCUT2D eigenvalue weighted by Crippen LogP contribution is 2.28. The van der Waals surface area contributed by atoms with Crippen molar-refractivity contribution in [3.8, 4) is 11.5 Å². The summed E-state index contributed by atoms with van der Waals surface area (Å²) in [5.74, 6) is 0.117. The molecule has 2 aromatic carbocycles. The van der Waals surface area contributed by atoms with Gasteiger partial charge in [0, 0.05) is 22.8 Å². The average molecular weight is 376 g/mol. The van der Waals surface area contributed by atoms with Crippen LogP contribution in [0.15, 0.2) is 70.6 Å². The highest BCUT2D eigenvalue weighted by Gasteiger charge is 2.16. The minimum Gasteiger partial charge on any atom is -0.354 e. The average Bonchev–Trinajstić information content (AvgIpc) is 3.34. The lowest BCUT2D eigenvalue weighted by Gasteiger charge is -2.02. The third-order valence-electron chi connectivity index (χ3n) is 3.83. The first-order valence-corrected chi connectivity index (χ1v) is 9.18. The number of amides is 1. The van der Waals surface area contributed by atoms with E-state index in [9.17, 15) is 4.79 Å². The van der Waals surface area contributed by atoms with Crippen LogP contribution in [0.25, 0.3) is 11.5 Å². The summed E-state index contributed by atoms with van der Waals surface area (Å²) in [5, 5.41) is 12.5. The number of aryl methyl sites for hydroxylation is 1. The summed E-state index contributed by atoms with van der Waals surface area (Å²) < 4.78 is 5.29. The van der Waals surface area contributed by atoms with Crippen LogP contribution in [0.2, 0.25) is 0 Å². The quantitative estimate of drug-likeness (QED) is 0.506. The summed E-state index contributed by atoms with van der Waals surface area (Å²) in [7, 11) is 0. The van der Waals surface area contributed by atoms with Crippen LogP contribution in [0, 0.1) is 6.92 Å². The van der Waals surface area contributed by atoms with Crippen molar-refractivity contribution in [3.05, 3.63) is 77.3 Å². The zero-order valence-electron chi connectivity index (χ0n) is 14.5. The second-order valence-electron chi connectivity index (χ2n) is 5.93. The summed E-state index contributed by atoms with van der Waals surface area (Å²) in [6, 6.07) is 18.8. The van der Waals surface area contributed by atoms with Gasteiger partial charge in [0.15, 0.2) is 16.6 Å². The Balaban J connectivity index is 1.46. The number of rotatable bonds is 5. The van der Waals surface area contributed by atoms with E-state index in [0.717, 1.165) is 10.8 Å². The Labute approximate surface area is 159 Å². The fourth-order valence-electron chi connectivity index (χ4n) is 2.42. The van der Waals surface area contributed by atoms with Crippen LogP contribution in [-0.4, -0.2) is 16.0 Å². The summed E-state index contributed by atoms with van der Waals surface area (Å²) >= 11 is 1.45. The van der Waals surface area contributed by atoms with Gasteiger partial charge in [-0.05, 0) is 31.2 Å². The molecule has 0 aliphatic heterocycles. The molecule has 4 rings (SSSR count). The number of para-hydroxylation sites is 1. The van der Waals surface area contributed by atoms with E-state index in [1.807, 2.05) is 66.9 Å². The van der Waals surface area contributed by atoms with Crippen LogP contribution >= 0.6 is 11.3 Å². The predicted molar refractivity (Wildman–Crippen MR) is 106 cm³/mol. The molecule has 2 N–H and O–H groups in total. The van der Waals surface area contributed by atoms with E-state index in [1.54, 1.807) is 6.07 Å². The van der Waals surface area contributed by atoms with Crippen molar-refractivity contribution in [1.82, 2.24) is 10.1 Å². The van der Waals surface area contributed by atoms with E-state index in [1.165, 1.54) is 16.9 Å². The number of nitrogens with one attached hydrogen (secondary N) is 2. The van der Waals surface area contributed by atoms with E-state index in [4.69, 9.17) is 4.52 Å². The molecule has 134 valence electrons. The van der Waals surface area contributed by atoms with E-state index < -0.39 is 0 Å². The van der Waals surface area contributed by atoms with Crippen molar-refractivity contribution < 1.29 is 9.32 Å². The largest absolute Gasteiger partial charge is 0.354 e. The highest BCUT2D eigenvalue weighted by molar-refractivity contribution is 7.14. The van der Waals surface area contributed by atoms with Crippen LogP contribution in [0.4, 0.5) is 16.5 Å². The number of hydrogen-bond acceptors (Lipinski definition) is 6. The molecule has 0 saturated carbocycles. The van der Waals surface area contributed by atoms with E-state index in [2.05, 4.69) is 20.8 Å². The van der Waals surface area contributed by atoms with Gasteiger partial charge >= 0.3 is 0 Å². The molecule has 4 aromatic rings. The zero-order chi connectivity index (χ0) is 18.6. The van der Waals surface area contributed by atoms with Crippen molar-refractivity contribution in [1.29, 1.82) is 0 Å². The fraction of sp³-hybridized carbons (Fsp3) is 0.0500. The Kier molecular flexibility index (Phi) is 4.67. The molecule has 0 aliphatic rings. The van der Waals surface area contributed by atoms with Crippen molar-refractivity contribution >= 4 is 33.8 Å². The monoisotopic (exact) mass is 376 g/mol. The molecule has 2 aromatic heterocycles. The second-order valence-corrected chi connectivity index (χ2v) is 6.78. The van der Waals surface area contributed by atoms with Crippen LogP contribution in [-0.2, 0) is 0 Å². The number of thiazole rings is 1. The molecule has 6 nitrogen and oxygen atoms in total. The number of carbonyl (C=O) groups is 1. The number of aromatic nitrogens is 2. The Bertz CT molecular complexity index is 1060. The van der Waals surface area contributed by atoms with Gasteiger partial charge in [-0.1, -0.05) is 41.1 Å². The number of hydrogen-bond donors (Lipinski definition) is 2. The van der Waals surface area contributed by atoms with Crippen LogP contribution in [0.5, 0.6) is 0 Å². The summed E-state index contributed by atoms with van der Waals surface area (Å²) in [6.45, 7) is 2.04. The van der Waals surface area contributed by atoms with E-state index in [-0.39, 0.29) is 11.6 Å². The fourth-order valence-corrected chi connectivity index (χ4v) is 3.14. The van der Waals surface area contributed by atoms with Crippen molar-refractivity contribution in [2.45, 2.75) is 6.92 Å².